The molecule has 0 amide bonds. The van der Waals surface area contributed by atoms with Gasteiger partial charge in [0.05, 0.1) is 18.8 Å². The number of hydrogen-bond acceptors (Lipinski definition) is 3. The van der Waals surface area contributed by atoms with Gasteiger partial charge in [0.15, 0.2) is 0 Å². The maximum Gasteiger partial charge on any atom is 0.325 e. The molecule has 1 unspecified atom stereocenters. The number of aromatic amines is 2. The summed E-state index contributed by atoms with van der Waals surface area (Å²) in [7, 11) is 0. The molecule has 1 aliphatic rings. The minimum atomic E-state index is -0.527. The van der Waals surface area contributed by atoms with Crippen LogP contribution in [0.3, 0.4) is 0 Å². The molecule has 5 nitrogen and oxygen atoms in total. The van der Waals surface area contributed by atoms with Crippen molar-refractivity contribution in [3.05, 3.63) is 67.5 Å². The SMILES string of the molecule is O=c1[nH]c2c(c(=O)[nH]1)COCC2c1ccc(CF)cc1. The van der Waals surface area contributed by atoms with Crippen molar-refractivity contribution in [3.8, 4) is 0 Å². The molecule has 0 saturated carbocycles. The molecular formula is C14H13FN2O3. The molecule has 2 N–H and O–H groups in total. The van der Waals surface area contributed by atoms with Gasteiger partial charge in [-0.3, -0.25) is 9.78 Å². The summed E-state index contributed by atoms with van der Waals surface area (Å²) in [6.45, 7) is 0.0381. The molecule has 1 aromatic heterocycles. The smallest absolute Gasteiger partial charge is 0.325 e. The summed E-state index contributed by atoms with van der Waals surface area (Å²) in [6.07, 6.45) is 0. The van der Waals surface area contributed by atoms with Gasteiger partial charge in [0.25, 0.3) is 5.56 Å². The van der Waals surface area contributed by atoms with E-state index in [1.165, 1.54) is 0 Å². The Balaban J connectivity index is 2.09. The van der Waals surface area contributed by atoms with E-state index in [1.54, 1.807) is 24.3 Å². The van der Waals surface area contributed by atoms with Crippen molar-refractivity contribution in [2.45, 2.75) is 19.2 Å². The summed E-state index contributed by atoms with van der Waals surface area (Å²) in [6, 6.07) is 6.96. The lowest BCUT2D eigenvalue weighted by atomic mass is 9.91. The van der Waals surface area contributed by atoms with E-state index in [1.807, 2.05) is 0 Å². The average Bonchev–Trinajstić information content (AvgIpc) is 2.47. The van der Waals surface area contributed by atoms with E-state index < -0.39 is 17.9 Å². The van der Waals surface area contributed by atoms with Crippen LogP contribution in [0.1, 0.15) is 28.3 Å². The molecule has 0 spiro atoms. The van der Waals surface area contributed by atoms with Crippen LogP contribution in [0.25, 0.3) is 0 Å². The first kappa shape index (κ1) is 12.8. The Labute approximate surface area is 113 Å². The summed E-state index contributed by atoms with van der Waals surface area (Å²) < 4.78 is 18.0. The third-order valence-electron chi connectivity index (χ3n) is 3.49. The summed E-state index contributed by atoms with van der Waals surface area (Å²) in [5.74, 6) is -0.220. The highest BCUT2D eigenvalue weighted by molar-refractivity contribution is 5.35. The number of halogens is 1. The van der Waals surface area contributed by atoms with Gasteiger partial charge in [-0.1, -0.05) is 24.3 Å². The molecule has 0 radical (unpaired) electrons. The van der Waals surface area contributed by atoms with Gasteiger partial charge < -0.3 is 9.72 Å². The molecule has 1 aliphatic heterocycles. The van der Waals surface area contributed by atoms with Crippen LogP contribution >= 0.6 is 0 Å². The Morgan fingerprint density at radius 1 is 1.20 bits per heavy atom. The van der Waals surface area contributed by atoms with E-state index in [0.717, 1.165) is 5.56 Å². The summed E-state index contributed by atoms with van der Waals surface area (Å²) in [5.41, 5.74) is 1.54. The fourth-order valence-corrected chi connectivity index (χ4v) is 2.43. The van der Waals surface area contributed by atoms with Gasteiger partial charge >= 0.3 is 5.69 Å². The van der Waals surface area contributed by atoms with Crippen molar-refractivity contribution < 1.29 is 9.13 Å². The van der Waals surface area contributed by atoms with Gasteiger partial charge in [-0.25, -0.2) is 9.18 Å². The first-order valence-corrected chi connectivity index (χ1v) is 6.27. The lowest BCUT2D eigenvalue weighted by Gasteiger charge is -2.24. The predicted octanol–water partition coefficient (Wildman–Crippen LogP) is 1.19. The van der Waals surface area contributed by atoms with Gasteiger partial charge in [-0.2, -0.15) is 0 Å². The molecule has 0 bridgehead atoms. The Kier molecular flexibility index (Phi) is 3.23. The number of rotatable bonds is 2. The molecule has 0 aliphatic carbocycles. The van der Waals surface area contributed by atoms with E-state index in [2.05, 4.69) is 9.97 Å². The van der Waals surface area contributed by atoms with Crippen molar-refractivity contribution in [1.29, 1.82) is 0 Å². The molecule has 2 aromatic rings. The number of alkyl halides is 1. The minimum Gasteiger partial charge on any atom is -0.375 e. The van der Waals surface area contributed by atoms with Gasteiger partial charge in [0, 0.05) is 11.6 Å². The van der Waals surface area contributed by atoms with Crippen LogP contribution in [0, 0.1) is 0 Å². The van der Waals surface area contributed by atoms with Crippen molar-refractivity contribution in [1.82, 2.24) is 9.97 Å². The highest BCUT2D eigenvalue weighted by Crippen LogP contribution is 2.28. The molecule has 1 aromatic carbocycles. The Bertz CT molecular complexity index is 733. The molecule has 3 rings (SSSR count). The van der Waals surface area contributed by atoms with Gasteiger partial charge in [-0.15, -0.1) is 0 Å². The van der Waals surface area contributed by atoms with Crippen molar-refractivity contribution in [2.24, 2.45) is 0 Å². The number of ether oxygens (including phenoxy) is 1. The Morgan fingerprint density at radius 3 is 2.65 bits per heavy atom. The molecule has 0 saturated heterocycles. The van der Waals surface area contributed by atoms with Crippen molar-refractivity contribution in [2.75, 3.05) is 6.61 Å². The number of aromatic nitrogens is 2. The zero-order valence-corrected chi connectivity index (χ0v) is 10.6. The van der Waals surface area contributed by atoms with Crippen molar-refractivity contribution >= 4 is 0 Å². The van der Waals surface area contributed by atoms with Crippen LogP contribution in [-0.4, -0.2) is 16.6 Å². The van der Waals surface area contributed by atoms with Crippen LogP contribution < -0.4 is 11.2 Å². The van der Waals surface area contributed by atoms with Gasteiger partial charge in [0.2, 0.25) is 0 Å². The summed E-state index contributed by atoms with van der Waals surface area (Å²) in [5, 5.41) is 0. The lowest BCUT2D eigenvalue weighted by Crippen LogP contribution is -2.33. The Hall–Kier alpha value is -2.21. The maximum atomic E-state index is 12.5. The quantitative estimate of drug-likeness (QED) is 0.865. The molecule has 6 heteroatoms. The average molecular weight is 276 g/mol. The summed E-state index contributed by atoms with van der Waals surface area (Å²) in [4.78, 5) is 28.1. The van der Waals surface area contributed by atoms with Crippen LogP contribution in [0.15, 0.2) is 33.9 Å². The predicted molar refractivity (Wildman–Crippen MR) is 70.4 cm³/mol. The zero-order chi connectivity index (χ0) is 14.1. The first-order valence-electron chi connectivity index (χ1n) is 6.27. The van der Waals surface area contributed by atoms with E-state index in [0.29, 0.717) is 23.4 Å². The Morgan fingerprint density at radius 2 is 1.95 bits per heavy atom. The highest BCUT2D eigenvalue weighted by Gasteiger charge is 2.25. The lowest BCUT2D eigenvalue weighted by molar-refractivity contribution is 0.0961. The third kappa shape index (κ3) is 2.18. The maximum absolute atomic E-state index is 12.5. The molecule has 20 heavy (non-hydrogen) atoms. The second-order valence-corrected chi connectivity index (χ2v) is 4.74. The van der Waals surface area contributed by atoms with E-state index >= 15 is 0 Å². The number of nitrogens with one attached hydrogen (secondary N) is 2. The third-order valence-corrected chi connectivity index (χ3v) is 3.49. The largest absolute Gasteiger partial charge is 0.375 e. The number of H-pyrrole nitrogens is 2. The number of fused-ring (bicyclic) bond motifs is 1. The summed E-state index contributed by atoms with van der Waals surface area (Å²) >= 11 is 0. The normalized spacial score (nSPS) is 17.8. The second kappa shape index (κ2) is 5.05. The van der Waals surface area contributed by atoms with Crippen LogP contribution in [0.5, 0.6) is 0 Å². The molecule has 0 fully saturated rings. The van der Waals surface area contributed by atoms with Gasteiger partial charge in [-0.05, 0) is 11.1 Å². The van der Waals surface area contributed by atoms with Crippen LogP contribution in [0.2, 0.25) is 0 Å². The molecule has 2 heterocycles. The fraction of sp³-hybridized carbons (Fsp3) is 0.286. The highest BCUT2D eigenvalue weighted by atomic mass is 19.1. The van der Waals surface area contributed by atoms with E-state index in [4.69, 9.17) is 4.74 Å². The van der Waals surface area contributed by atoms with Crippen LogP contribution in [-0.2, 0) is 18.0 Å². The topological polar surface area (TPSA) is 75.0 Å². The molecular weight excluding hydrogens is 263 g/mol. The number of benzene rings is 1. The van der Waals surface area contributed by atoms with Crippen molar-refractivity contribution in [3.63, 3.8) is 0 Å². The molecule has 104 valence electrons. The van der Waals surface area contributed by atoms with Crippen LogP contribution in [0.4, 0.5) is 4.39 Å². The molecule has 1 atom stereocenters. The fourth-order valence-electron chi connectivity index (χ4n) is 2.43. The second-order valence-electron chi connectivity index (χ2n) is 4.74. The van der Waals surface area contributed by atoms with E-state index in [-0.39, 0.29) is 12.5 Å². The standard InChI is InChI=1S/C14H13FN2O3/c15-5-8-1-3-9(4-2-8)10-6-20-7-11-12(10)16-14(19)17-13(11)18/h1-4,10H,5-7H2,(H2,16,17,18,19). The van der Waals surface area contributed by atoms with E-state index in [9.17, 15) is 14.0 Å². The number of hydrogen-bond donors (Lipinski definition) is 2. The zero-order valence-electron chi connectivity index (χ0n) is 10.6. The minimum absolute atomic E-state index is 0.181. The first-order chi connectivity index (χ1) is 9.69. The van der Waals surface area contributed by atoms with Gasteiger partial charge in [0.1, 0.15) is 6.67 Å². The monoisotopic (exact) mass is 276 g/mol.